The standard InChI is InChI=1S/C6H10N4O/c1-4-2-5(8)10(9-4)6(11)3-7/h2H,3,7-8H2,1H3. The maximum Gasteiger partial charge on any atom is 0.262 e. The van der Waals surface area contributed by atoms with Crippen LogP contribution in [0.3, 0.4) is 0 Å². The highest BCUT2D eigenvalue weighted by Gasteiger charge is 2.07. The van der Waals surface area contributed by atoms with Crippen molar-refractivity contribution in [1.29, 1.82) is 0 Å². The molecule has 0 spiro atoms. The first-order valence-corrected chi connectivity index (χ1v) is 3.20. The van der Waals surface area contributed by atoms with Crippen molar-refractivity contribution in [2.24, 2.45) is 5.73 Å². The van der Waals surface area contributed by atoms with E-state index in [4.69, 9.17) is 11.5 Å². The van der Waals surface area contributed by atoms with Gasteiger partial charge in [0.25, 0.3) is 5.91 Å². The van der Waals surface area contributed by atoms with Gasteiger partial charge in [0, 0.05) is 6.07 Å². The second kappa shape index (κ2) is 2.71. The molecule has 5 heteroatoms. The van der Waals surface area contributed by atoms with Crippen molar-refractivity contribution in [1.82, 2.24) is 9.78 Å². The number of carbonyl (C=O) groups is 1. The first-order valence-electron chi connectivity index (χ1n) is 3.20. The van der Waals surface area contributed by atoms with Crippen LogP contribution in [0.25, 0.3) is 0 Å². The molecule has 0 unspecified atom stereocenters. The molecular formula is C6H10N4O. The molecule has 0 aliphatic rings. The minimum absolute atomic E-state index is 0.0781. The number of carbonyl (C=O) groups excluding carboxylic acids is 1. The molecule has 0 aliphatic heterocycles. The van der Waals surface area contributed by atoms with Gasteiger partial charge in [-0.2, -0.15) is 9.78 Å². The highest BCUT2D eigenvalue weighted by Crippen LogP contribution is 2.03. The quantitative estimate of drug-likeness (QED) is 0.564. The third kappa shape index (κ3) is 1.38. The van der Waals surface area contributed by atoms with E-state index in [-0.39, 0.29) is 12.5 Å². The number of nitrogen functional groups attached to an aromatic ring is 1. The Morgan fingerprint density at radius 3 is 2.82 bits per heavy atom. The first-order chi connectivity index (χ1) is 5.15. The second-order valence-electron chi connectivity index (χ2n) is 2.22. The van der Waals surface area contributed by atoms with E-state index >= 15 is 0 Å². The van der Waals surface area contributed by atoms with E-state index in [1.807, 2.05) is 0 Å². The number of anilines is 1. The van der Waals surface area contributed by atoms with E-state index in [0.29, 0.717) is 11.5 Å². The molecule has 0 saturated heterocycles. The Hall–Kier alpha value is -1.36. The summed E-state index contributed by atoms with van der Waals surface area (Å²) >= 11 is 0. The summed E-state index contributed by atoms with van der Waals surface area (Å²) in [5.41, 5.74) is 11.3. The van der Waals surface area contributed by atoms with Gasteiger partial charge in [0.2, 0.25) is 0 Å². The summed E-state index contributed by atoms with van der Waals surface area (Å²) in [7, 11) is 0. The van der Waals surface area contributed by atoms with Gasteiger partial charge in [-0.05, 0) is 6.92 Å². The predicted molar refractivity (Wildman–Crippen MR) is 41.1 cm³/mol. The average molecular weight is 154 g/mol. The molecular weight excluding hydrogens is 144 g/mol. The average Bonchev–Trinajstić information content (AvgIpc) is 2.28. The lowest BCUT2D eigenvalue weighted by Gasteiger charge is -1.97. The summed E-state index contributed by atoms with van der Waals surface area (Å²) in [6.45, 7) is 1.68. The molecule has 0 saturated carbocycles. The third-order valence-electron chi connectivity index (χ3n) is 1.27. The molecule has 0 aliphatic carbocycles. The summed E-state index contributed by atoms with van der Waals surface area (Å²) in [6.07, 6.45) is 0. The van der Waals surface area contributed by atoms with Gasteiger partial charge in [0.05, 0.1) is 12.2 Å². The summed E-state index contributed by atoms with van der Waals surface area (Å²) in [6, 6.07) is 1.62. The maximum absolute atomic E-state index is 10.9. The number of hydrogen-bond donors (Lipinski definition) is 2. The van der Waals surface area contributed by atoms with Crippen molar-refractivity contribution in [2.45, 2.75) is 6.92 Å². The molecule has 60 valence electrons. The van der Waals surface area contributed by atoms with Gasteiger partial charge in [-0.1, -0.05) is 0 Å². The molecule has 0 radical (unpaired) electrons. The Kier molecular flexibility index (Phi) is 1.91. The number of hydrogen-bond acceptors (Lipinski definition) is 4. The van der Waals surface area contributed by atoms with E-state index in [1.165, 1.54) is 0 Å². The lowest BCUT2D eigenvalue weighted by molar-refractivity contribution is 0.0910. The zero-order valence-electron chi connectivity index (χ0n) is 6.24. The number of rotatable bonds is 1. The van der Waals surface area contributed by atoms with Crippen LogP contribution in [0, 0.1) is 6.92 Å². The van der Waals surface area contributed by atoms with Crippen molar-refractivity contribution in [3.63, 3.8) is 0 Å². The fraction of sp³-hybridized carbons (Fsp3) is 0.333. The summed E-state index contributed by atoms with van der Waals surface area (Å²) in [5.74, 6) is 0.0357. The van der Waals surface area contributed by atoms with Gasteiger partial charge >= 0.3 is 0 Å². The lowest BCUT2D eigenvalue weighted by Crippen LogP contribution is -2.23. The number of aryl methyl sites for hydroxylation is 1. The Bertz CT molecular complexity index is 278. The SMILES string of the molecule is Cc1cc(N)n(C(=O)CN)n1. The normalized spacial score (nSPS) is 10.0. The second-order valence-corrected chi connectivity index (χ2v) is 2.22. The van der Waals surface area contributed by atoms with E-state index in [2.05, 4.69) is 5.10 Å². The highest BCUT2D eigenvalue weighted by atomic mass is 16.2. The maximum atomic E-state index is 10.9. The van der Waals surface area contributed by atoms with Gasteiger partial charge in [-0.3, -0.25) is 4.79 Å². The van der Waals surface area contributed by atoms with Crippen LogP contribution in [0.4, 0.5) is 5.82 Å². The van der Waals surface area contributed by atoms with Crippen molar-refractivity contribution in [2.75, 3.05) is 12.3 Å². The summed E-state index contributed by atoms with van der Waals surface area (Å²) in [5, 5.41) is 3.84. The molecule has 0 atom stereocenters. The van der Waals surface area contributed by atoms with Crippen molar-refractivity contribution < 1.29 is 4.79 Å². The number of nitrogens with two attached hydrogens (primary N) is 2. The Morgan fingerprint density at radius 2 is 2.45 bits per heavy atom. The lowest BCUT2D eigenvalue weighted by atomic mass is 10.5. The Balaban J connectivity index is 3.03. The minimum Gasteiger partial charge on any atom is -0.383 e. The van der Waals surface area contributed by atoms with Crippen LogP contribution in [-0.4, -0.2) is 22.2 Å². The molecule has 1 heterocycles. The molecule has 0 amide bonds. The highest BCUT2D eigenvalue weighted by molar-refractivity contribution is 5.82. The predicted octanol–water partition coefficient (Wildman–Crippen LogP) is -0.627. The molecule has 1 aromatic rings. The number of nitrogens with zero attached hydrogens (tertiary/aromatic N) is 2. The molecule has 4 N–H and O–H groups in total. The summed E-state index contributed by atoms with van der Waals surface area (Å²) < 4.78 is 1.11. The van der Waals surface area contributed by atoms with Gasteiger partial charge in [0.15, 0.2) is 0 Å². The van der Waals surface area contributed by atoms with Crippen LogP contribution in [0.5, 0.6) is 0 Å². The van der Waals surface area contributed by atoms with Gasteiger partial charge < -0.3 is 11.5 Å². The van der Waals surface area contributed by atoms with Gasteiger partial charge in [0.1, 0.15) is 5.82 Å². The largest absolute Gasteiger partial charge is 0.383 e. The zero-order valence-corrected chi connectivity index (χ0v) is 6.24. The Morgan fingerprint density at radius 1 is 1.82 bits per heavy atom. The van der Waals surface area contributed by atoms with Crippen molar-refractivity contribution >= 4 is 11.7 Å². The van der Waals surface area contributed by atoms with Crippen LogP contribution in [0.15, 0.2) is 6.07 Å². The first kappa shape index (κ1) is 7.74. The topological polar surface area (TPSA) is 86.9 Å². The van der Waals surface area contributed by atoms with Crippen LogP contribution in [-0.2, 0) is 0 Å². The smallest absolute Gasteiger partial charge is 0.262 e. The van der Waals surface area contributed by atoms with E-state index < -0.39 is 0 Å². The molecule has 0 aromatic carbocycles. The minimum atomic E-state index is -0.296. The zero-order chi connectivity index (χ0) is 8.43. The Labute approximate surface area is 64.0 Å². The molecule has 0 fully saturated rings. The van der Waals surface area contributed by atoms with Crippen molar-refractivity contribution in [3.8, 4) is 0 Å². The van der Waals surface area contributed by atoms with Crippen LogP contribution in [0.2, 0.25) is 0 Å². The fourth-order valence-electron chi connectivity index (χ4n) is 0.806. The van der Waals surface area contributed by atoms with Gasteiger partial charge in [-0.15, -0.1) is 0 Å². The van der Waals surface area contributed by atoms with E-state index in [0.717, 1.165) is 4.68 Å². The third-order valence-corrected chi connectivity index (χ3v) is 1.27. The van der Waals surface area contributed by atoms with Crippen LogP contribution >= 0.6 is 0 Å². The van der Waals surface area contributed by atoms with Gasteiger partial charge in [-0.25, -0.2) is 0 Å². The number of aromatic nitrogens is 2. The molecule has 1 aromatic heterocycles. The van der Waals surface area contributed by atoms with Crippen LogP contribution < -0.4 is 11.5 Å². The molecule has 5 nitrogen and oxygen atoms in total. The summed E-state index contributed by atoms with van der Waals surface area (Å²) in [4.78, 5) is 10.9. The molecule has 0 bridgehead atoms. The fourth-order valence-corrected chi connectivity index (χ4v) is 0.806. The molecule has 11 heavy (non-hydrogen) atoms. The van der Waals surface area contributed by atoms with E-state index in [9.17, 15) is 4.79 Å². The molecule has 1 rings (SSSR count). The van der Waals surface area contributed by atoms with E-state index in [1.54, 1.807) is 13.0 Å². The van der Waals surface area contributed by atoms with Crippen molar-refractivity contribution in [3.05, 3.63) is 11.8 Å². The monoisotopic (exact) mass is 154 g/mol. The van der Waals surface area contributed by atoms with Crippen LogP contribution in [0.1, 0.15) is 10.5 Å².